The molecule has 3 N–H and O–H groups in total. The molecule has 1 aromatic carbocycles. The van der Waals surface area contributed by atoms with E-state index in [1.807, 2.05) is 0 Å². The largest absolute Gasteiger partial charge is 0.478 e. The summed E-state index contributed by atoms with van der Waals surface area (Å²) in [5.41, 5.74) is 7.47. The van der Waals surface area contributed by atoms with Crippen LogP contribution in [0.15, 0.2) is 18.2 Å². The first-order chi connectivity index (χ1) is 7.04. The molecule has 0 amide bonds. The van der Waals surface area contributed by atoms with Gasteiger partial charge in [-0.15, -0.1) is 0 Å². The minimum absolute atomic E-state index is 0.365. The number of carboxylic acids is 1. The zero-order chi connectivity index (χ0) is 11.4. The number of benzene rings is 1. The van der Waals surface area contributed by atoms with Gasteiger partial charge in [0.15, 0.2) is 0 Å². The molecule has 0 saturated heterocycles. The van der Waals surface area contributed by atoms with Crippen LogP contribution in [0.25, 0.3) is 0 Å². The van der Waals surface area contributed by atoms with Gasteiger partial charge >= 0.3 is 5.97 Å². The first kappa shape index (κ1) is 11.6. The standard InChI is InChI=1S/C12H17NO2/c1-3-8(2)6-9-7-10(13)4-5-11(9)12(14)15/h4-5,7-8H,3,6,13H2,1-2H3,(H,14,15). The first-order valence-corrected chi connectivity index (χ1v) is 5.16. The lowest BCUT2D eigenvalue weighted by Crippen LogP contribution is -2.07. The number of carboxylic acid groups (broad SMARTS) is 1. The van der Waals surface area contributed by atoms with Crippen molar-refractivity contribution in [3.63, 3.8) is 0 Å². The van der Waals surface area contributed by atoms with E-state index < -0.39 is 5.97 Å². The molecule has 1 unspecified atom stereocenters. The molecular formula is C12H17NO2. The number of nitrogen functional groups attached to an aromatic ring is 1. The average molecular weight is 207 g/mol. The molecule has 0 heterocycles. The maximum Gasteiger partial charge on any atom is 0.335 e. The van der Waals surface area contributed by atoms with E-state index >= 15 is 0 Å². The molecule has 1 aromatic rings. The molecule has 3 nitrogen and oxygen atoms in total. The molecule has 0 aliphatic carbocycles. The van der Waals surface area contributed by atoms with Crippen LogP contribution in [0.3, 0.4) is 0 Å². The third-order valence-corrected chi connectivity index (χ3v) is 2.63. The quantitative estimate of drug-likeness (QED) is 0.746. The van der Waals surface area contributed by atoms with Gasteiger partial charge in [-0.1, -0.05) is 20.3 Å². The van der Waals surface area contributed by atoms with Crippen molar-refractivity contribution in [1.82, 2.24) is 0 Å². The number of aromatic carboxylic acids is 1. The van der Waals surface area contributed by atoms with Gasteiger partial charge in [0.05, 0.1) is 5.56 Å². The summed E-state index contributed by atoms with van der Waals surface area (Å²) in [6.45, 7) is 4.20. The first-order valence-electron chi connectivity index (χ1n) is 5.16. The molecule has 0 aliphatic heterocycles. The van der Waals surface area contributed by atoms with Gasteiger partial charge in [0, 0.05) is 5.69 Å². The molecule has 1 rings (SSSR count). The van der Waals surface area contributed by atoms with Gasteiger partial charge in [-0.3, -0.25) is 0 Å². The number of rotatable bonds is 4. The van der Waals surface area contributed by atoms with Crippen LogP contribution >= 0.6 is 0 Å². The van der Waals surface area contributed by atoms with Crippen LogP contribution in [0.2, 0.25) is 0 Å². The SMILES string of the molecule is CCC(C)Cc1cc(N)ccc1C(=O)O. The maximum absolute atomic E-state index is 11.0. The van der Waals surface area contributed by atoms with E-state index in [-0.39, 0.29) is 0 Å². The molecule has 0 radical (unpaired) electrons. The third kappa shape index (κ3) is 2.98. The van der Waals surface area contributed by atoms with E-state index in [0.29, 0.717) is 17.2 Å². The predicted molar refractivity (Wildman–Crippen MR) is 61.0 cm³/mol. The van der Waals surface area contributed by atoms with Gasteiger partial charge in [-0.05, 0) is 36.1 Å². The summed E-state index contributed by atoms with van der Waals surface area (Å²) in [6, 6.07) is 4.97. The van der Waals surface area contributed by atoms with Crippen LogP contribution in [0, 0.1) is 5.92 Å². The predicted octanol–water partition coefficient (Wildman–Crippen LogP) is 2.56. The number of hydrogen-bond donors (Lipinski definition) is 2. The zero-order valence-electron chi connectivity index (χ0n) is 9.16. The summed E-state index contributed by atoms with van der Waals surface area (Å²) in [5.74, 6) is -0.404. The summed E-state index contributed by atoms with van der Waals surface area (Å²) in [6.07, 6.45) is 1.80. The molecule has 0 saturated carbocycles. The molecule has 1 atom stereocenters. The Morgan fingerprint density at radius 3 is 2.73 bits per heavy atom. The molecule has 0 bridgehead atoms. The Hall–Kier alpha value is -1.51. The number of carbonyl (C=O) groups is 1. The molecular weight excluding hydrogens is 190 g/mol. The summed E-state index contributed by atoms with van der Waals surface area (Å²) in [7, 11) is 0. The van der Waals surface area contributed by atoms with Crippen molar-refractivity contribution in [2.75, 3.05) is 5.73 Å². The second kappa shape index (κ2) is 4.82. The maximum atomic E-state index is 11.0. The topological polar surface area (TPSA) is 63.3 Å². The molecule has 3 heteroatoms. The van der Waals surface area contributed by atoms with Crippen molar-refractivity contribution in [3.8, 4) is 0 Å². The normalized spacial score (nSPS) is 12.4. The monoisotopic (exact) mass is 207 g/mol. The van der Waals surface area contributed by atoms with Crippen LogP contribution < -0.4 is 5.73 Å². The molecule has 82 valence electrons. The van der Waals surface area contributed by atoms with Gasteiger partial charge in [0.2, 0.25) is 0 Å². The number of nitrogens with two attached hydrogens (primary N) is 1. The second-order valence-electron chi connectivity index (χ2n) is 3.94. The Morgan fingerprint density at radius 2 is 2.20 bits per heavy atom. The fourth-order valence-electron chi connectivity index (χ4n) is 1.51. The second-order valence-corrected chi connectivity index (χ2v) is 3.94. The van der Waals surface area contributed by atoms with Crippen molar-refractivity contribution < 1.29 is 9.90 Å². The Bertz CT molecular complexity index is 361. The smallest absolute Gasteiger partial charge is 0.335 e. The van der Waals surface area contributed by atoms with E-state index in [4.69, 9.17) is 10.8 Å². The van der Waals surface area contributed by atoms with Crippen LogP contribution in [0.5, 0.6) is 0 Å². The van der Waals surface area contributed by atoms with Gasteiger partial charge in [-0.2, -0.15) is 0 Å². The van der Waals surface area contributed by atoms with Crippen LogP contribution in [0.4, 0.5) is 5.69 Å². The van der Waals surface area contributed by atoms with Crippen molar-refractivity contribution in [3.05, 3.63) is 29.3 Å². The van der Waals surface area contributed by atoms with Crippen LogP contribution in [-0.4, -0.2) is 11.1 Å². The van der Waals surface area contributed by atoms with Gasteiger partial charge < -0.3 is 10.8 Å². The Balaban J connectivity index is 3.02. The Morgan fingerprint density at radius 1 is 1.53 bits per heavy atom. The van der Waals surface area contributed by atoms with Crippen molar-refractivity contribution in [2.45, 2.75) is 26.7 Å². The molecule has 0 aliphatic rings. The lowest BCUT2D eigenvalue weighted by molar-refractivity contribution is 0.0695. The molecule has 15 heavy (non-hydrogen) atoms. The van der Waals surface area contributed by atoms with E-state index in [1.54, 1.807) is 18.2 Å². The summed E-state index contributed by atoms with van der Waals surface area (Å²) in [5, 5.41) is 9.00. The third-order valence-electron chi connectivity index (χ3n) is 2.63. The van der Waals surface area contributed by atoms with Gasteiger partial charge in [-0.25, -0.2) is 4.79 Å². The molecule has 0 spiro atoms. The Labute approximate surface area is 89.9 Å². The Kier molecular flexibility index (Phi) is 3.72. The molecule has 0 fully saturated rings. The lowest BCUT2D eigenvalue weighted by atomic mass is 9.95. The lowest BCUT2D eigenvalue weighted by Gasteiger charge is -2.11. The van der Waals surface area contributed by atoms with Crippen LogP contribution in [-0.2, 0) is 6.42 Å². The van der Waals surface area contributed by atoms with Crippen LogP contribution in [0.1, 0.15) is 36.2 Å². The summed E-state index contributed by atoms with van der Waals surface area (Å²) >= 11 is 0. The number of hydrogen-bond acceptors (Lipinski definition) is 2. The summed E-state index contributed by atoms with van der Waals surface area (Å²) < 4.78 is 0. The van der Waals surface area contributed by atoms with E-state index in [9.17, 15) is 4.79 Å². The van der Waals surface area contributed by atoms with E-state index in [0.717, 1.165) is 18.4 Å². The minimum atomic E-state index is -0.881. The van der Waals surface area contributed by atoms with Crippen molar-refractivity contribution >= 4 is 11.7 Å². The highest BCUT2D eigenvalue weighted by atomic mass is 16.4. The fraction of sp³-hybridized carbons (Fsp3) is 0.417. The van der Waals surface area contributed by atoms with Crippen molar-refractivity contribution in [1.29, 1.82) is 0 Å². The average Bonchev–Trinajstić information content (AvgIpc) is 2.17. The number of anilines is 1. The zero-order valence-corrected chi connectivity index (χ0v) is 9.16. The highest BCUT2D eigenvalue weighted by Gasteiger charge is 2.12. The minimum Gasteiger partial charge on any atom is -0.478 e. The van der Waals surface area contributed by atoms with E-state index in [1.165, 1.54) is 0 Å². The highest BCUT2D eigenvalue weighted by molar-refractivity contribution is 5.89. The summed E-state index contributed by atoms with van der Waals surface area (Å²) in [4.78, 5) is 11.0. The van der Waals surface area contributed by atoms with Crippen molar-refractivity contribution in [2.24, 2.45) is 5.92 Å². The van der Waals surface area contributed by atoms with Gasteiger partial charge in [0.1, 0.15) is 0 Å². The highest BCUT2D eigenvalue weighted by Crippen LogP contribution is 2.19. The fourth-order valence-corrected chi connectivity index (χ4v) is 1.51. The molecule has 0 aromatic heterocycles. The van der Waals surface area contributed by atoms with Gasteiger partial charge in [0.25, 0.3) is 0 Å². The van der Waals surface area contributed by atoms with E-state index in [2.05, 4.69) is 13.8 Å².